The maximum absolute atomic E-state index is 13.8. The van der Waals surface area contributed by atoms with E-state index in [1.807, 2.05) is 7.05 Å². The number of benzene rings is 1. The van der Waals surface area contributed by atoms with Gasteiger partial charge in [-0.15, -0.1) is 22.7 Å². The van der Waals surface area contributed by atoms with E-state index in [1.165, 1.54) is 29.5 Å². The van der Waals surface area contributed by atoms with Crippen LogP contribution in [0.4, 0.5) is 10.1 Å². The van der Waals surface area contributed by atoms with Crippen molar-refractivity contribution >= 4 is 51.8 Å². The molecule has 2 N–H and O–H groups in total. The number of anilines is 1. The zero-order valence-electron chi connectivity index (χ0n) is 16.0. The number of nitrogens with zero attached hydrogens (tertiary/aromatic N) is 2. The summed E-state index contributed by atoms with van der Waals surface area (Å²) in [5.41, 5.74) is 1.85. The lowest BCUT2D eigenvalue weighted by Gasteiger charge is -2.20. The predicted octanol–water partition coefficient (Wildman–Crippen LogP) is 4.17. The number of fused-ring (bicyclic) bond motifs is 1. The lowest BCUT2D eigenvalue weighted by Crippen LogP contribution is -2.25. The first kappa shape index (κ1) is 20.9. The van der Waals surface area contributed by atoms with E-state index in [4.69, 9.17) is 11.6 Å². The minimum absolute atomic E-state index is 0.0564. The first-order chi connectivity index (χ1) is 14.4. The molecule has 0 radical (unpaired) electrons. The number of carbonyl (C=O) groups is 2. The molecule has 1 aromatic carbocycles. The summed E-state index contributed by atoms with van der Waals surface area (Å²) in [5, 5.41) is 5.91. The van der Waals surface area contributed by atoms with E-state index < -0.39 is 5.82 Å². The molecule has 0 spiro atoms. The highest BCUT2D eigenvalue weighted by Gasteiger charge is 2.22. The quantitative estimate of drug-likeness (QED) is 0.594. The van der Waals surface area contributed by atoms with Crippen LogP contribution in [-0.4, -0.2) is 35.3 Å². The molecule has 2 amide bonds. The zero-order chi connectivity index (χ0) is 21.3. The maximum atomic E-state index is 13.8. The second-order valence-electron chi connectivity index (χ2n) is 6.92. The molecule has 0 saturated carbocycles. The molecule has 0 atom stereocenters. The lowest BCUT2D eigenvalue weighted by molar-refractivity contribution is 0.0954. The fourth-order valence-corrected chi connectivity index (χ4v) is 5.17. The number of rotatable bonds is 5. The molecule has 2 aromatic heterocycles. The Kier molecular flexibility index (Phi) is 6.14. The number of nitrogens with one attached hydrogen (secondary N) is 2. The van der Waals surface area contributed by atoms with E-state index in [9.17, 15) is 14.0 Å². The minimum atomic E-state index is -0.454. The van der Waals surface area contributed by atoms with Gasteiger partial charge in [-0.3, -0.25) is 9.59 Å². The predicted molar refractivity (Wildman–Crippen MR) is 117 cm³/mol. The second-order valence-corrected chi connectivity index (χ2v) is 9.72. The van der Waals surface area contributed by atoms with Gasteiger partial charge in [0.15, 0.2) is 5.01 Å². The summed E-state index contributed by atoms with van der Waals surface area (Å²) in [6.45, 7) is 1.75. The van der Waals surface area contributed by atoms with Gasteiger partial charge in [0, 0.05) is 36.6 Å². The van der Waals surface area contributed by atoms with Crippen LogP contribution in [-0.2, 0) is 19.5 Å². The standard InChI is InChI=1S/C20H18ClFN4O2S2/c1-26-7-6-14-16(10-26)30-20(25-14)19(28)24-13-3-2-12(22)8-11(13)9-23-18(27)15-4-5-17(21)29-15/h2-5,8H,6-7,9-10H2,1H3,(H,23,27)(H,24,28). The zero-order valence-corrected chi connectivity index (χ0v) is 18.4. The van der Waals surface area contributed by atoms with Gasteiger partial charge in [-0.2, -0.15) is 0 Å². The van der Waals surface area contributed by atoms with Crippen LogP contribution < -0.4 is 10.6 Å². The third kappa shape index (κ3) is 4.70. The fourth-order valence-electron chi connectivity index (χ4n) is 3.13. The molecular weight excluding hydrogens is 447 g/mol. The van der Waals surface area contributed by atoms with Crippen LogP contribution in [0.5, 0.6) is 0 Å². The average molecular weight is 465 g/mol. The largest absolute Gasteiger partial charge is 0.347 e. The molecule has 0 fully saturated rings. The van der Waals surface area contributed by atoms with Gasteiger partial charge in [0.25, 0.3) is 11.8 Å². The molecule has 0 unspecified atom stereocenters. The van der Waals surface area contributed by atoms with Crippen molar-refractivity contribution in [2.24, 2.45) is 0 Å². The van der Waals surface area contributed by atoms with Crippen LogP contribution in [0.2, 0.25) is 4.34 Å². The Hall–Kier alpha value is -2.33. The number of thiophene rings is 1. The molecule has 1 aliphatic rings. The molecule has 6 nitrogen and oxygen atoms in total. The molecule has 10 heteroatoms. The Balaban J connectivity index is 1.48. The van der Waals surface area contributed by atoms with E-state index in [-0.39, 0.29) is 18.4 Å². The van der Waals surface area contributed by atoms with Crippen LogP contribution in [0.15, 0.2) is 30.3 Å². The van der Waals surface area contributed by atoms with Gasteiger partial charge in [-0.25, -0.2) is 9.37 Å². The topological polar surface area (TPSA) is 74.3 Å². The van der Waals surface area contributed by atoms with Gasteiger partial charge in [-0.05, 0) is 42.9 Å². The Labute approximate surface area is 185 Å². The maximum Gasteiger partial charge on any atom is 0.284 e. The van der Waals surface area contributed by atoms with Crippen molar-refractivity contribution in [1.29, 1.82) is 0 Å². The van der Waals surface area contributed by atoms with Crippen molar-refractivity contribution in [3.8, 4) is 0 Å². The number of hydrogen-bond donors (Lipinski definition) is 2. The summed E-state index contributed by atoms with van der Waals surface area (Å²) in [4.78, 5) is 33.2. The van der Waals surface area contributed by atoms with E-state index in [2.05, 4.69) is 20.5 Å². The number of carbonyl (C=O) groups excluding carboxylic acids is 2. The summed E-state index contributed by atoms with van der Waals surface area (Å²) >= 11 is 8.39. The highest BCUT2D eigenvalue weighted by molar-refractivity contribution is 7.18. The van der Waals surface area contributed by atoms with Crippen LogP contribution >= 0.6 is 34.3 Å². The molecule has 0 saturated heterocycles. The third-order valence-corrected chi connectivity index (χ3v) is 6.98. The molecular formula is C20H18ClFN4O2S2. The highest BCUT2D eigenvalue weighted by atomic mass is 35.5. The number of hydrogen-bond acceptors (Lipinski definition) is 6. The van der Waals surface area contributed by atoms with Crippen molar-refractivity contribution in [3.63, 3.8) is 0 Å². The second kappa shape index (κ2) is 8.81. The number of likely N-dealkylation sites (N-methyl/N-ethyl adjacent to an activating group) is 1. The van der Waals surface area contributed by atoms with Gasteiger partial charge in [-0.1, -0.05) is 11.6 Å². The van der Waals surface area contributed by atoms with Crippen molar-refractivity contribution in [2.75, 3.05) is 18.9 Å². The fraction of sp³-hybridized carbons (Fsp3) is 0.250. The molecule has 3 aromatic rings. The van der Waals surface area contributed by atoms with E-state index in [1.54, 1.807) is 12.1 Å². The third-order valence-electron chi connectivity index (χ3n) is 4.67. The Bertz CT molecular complexity index is 1110. The molecule has 4 rings (SSSR count). The Morgan fingerprint density at radius 2 is 2.07 bits per heavy atom. The van der Waals surface area contributed by atoms with Gasteiger partial charge < -0.3 is 15.5 Å². The number of thiazole rings is 1. The van der Waals surface area contributed by atoms with Crippen LogP contribution in [0.25, 0.3) is 0 Å². The Morgan fingerprint density at radius 3 is 2.83 bits per heavy atom. The monoisotopic (exact) mass is 464 g/mol. The smallest absolute Gasteiger partial charge is 0.284 e. The number of halogens is 2. The average Bonchev–Trinajstić information content (AvgIpc) is 3.33. The summed E-state index contributed by atoms with van der Waals surface area (Å²) in [6.07, 6.45) is 0.816. The Morgan fingerprint density at radius 1 is 1.23 bits per heavy atom. The van der Waals surface area contributed by atoms with E-state index in [0.717, 1.165) is 41.4 Å². The SMILES string of the molecule is CN1CCc2nc(C(=O)Nc3ccc(F)cc3CNC(=O)c3ccc(Cl)s3)sc2C1. The molecule has 3 heterocycles. The molecule has 0 bridgehead atoms. The molecule has 30 heavy (non-hydrogen) atoms. The first-order valence-corrected chi connectivity index (χ1v) is 11.2. The summed E-state index contributed by atoms with van der Waals surface area (Å²) in [6, 6.07) is 7.30. The number of aromatic nitrogens is 1. The van der Waals surface area contributed by atoms with Crippen molar-refractivity contribution in [1.82, 2.24) is 15.2 Å². The summed E-state index contributed by atoms with van der Waals surface area (Å²) < 4.78 is 14.3. The normalized spacial score (nSPS) is 13.7. The minimum Gasteiger partial charge on any atom is -0.347 e. The van der Waals surface area contributed by atoms with Crippen LogP contribution in [0.3, 0.4) is 0 Å². The van der Waals surface area contributed by atoms with Crippen LogP contribution in [0, 0.1) is 5.82 Å². The van der Waals surface area contributed by atoms with Crippen LogP contribution in [0.1, 0.15) is 35.6 Å². The van der Waals surface area contributed by atoms with Gasteiger partial charge in [0.1, 0.15) is 5.82 Å². The van der Waals surface area contributed by atoms with Gasteiger partial charge >= 0.3 is 0 Å². The summed E-state index contributed by atoms with van der Waals surface area (Å²) in [5.74, 6) is -1.12. The molecule has 0 aliphatic carbocycles. The number of amides is 2. The van der Waals surface area contributed by atoms with Crippen molar-refractivity contribution in [3.05, 3.63) is 66.5 Å². The first-order valence-electron chi connectivity index (χ1n) is 9.19. The van der Waals surface area contributed by atoms with Crippen molar-refractivity contribution < 1.29 is 14.0 Å². The summed E-state index contributed by atoms with van der Waals surface area (Å²) in [7, 11) is 2.03. The van der Waals surface area contributed by atoms with Gasteiger partial charge in [0.05, 0.1) is 14.9 Å². The van der Waals surface area contributed by atoms with E-state index in [0.29, 0.717) is 25.5 Å². The van der Waals surface area contributed by atoms with Gasteiger partial charge in [0.2, 0.25) is 0 Å². The van der Waals surface area contributed by atoms with Crippen molar-refractivity contribution in [2.45, 2.75) is 19.5 Å². The molecule has 156 valence electrons. The lowest BCUT2D eigenvalue weighted by atomic mass is 10.1. The van der Waals surface area contributed by atoms with E-state index >= 15 is 0 Å². The highest BCUT2D eigenvalue weighted by Crippen LogP contribution is 2.26. The molecule has 1 aliphatic heterocycles.